The van der Waals surface area contributed by atoms with E-state index in [0.717, 1.165) is 27.4 Å². The van der Waals surface area contributed by atoms with Crippen molar-refractivity contribution in [2.24, 2.45) is 22.9 Å². The fourth-order valence-corrected chi connectivity index (χ4v) is 11.4. The summed E-state index contributed by atoms with van der Waals surface area (Å²) in [4.78, 5) is 132. The highest BCUT2D eigenvalue weighted by Crippen LogP contribution is 2.30. The fraction of sp³-hybridized carbons (Fsp3) is 0.319. The first kappa shape index (κ1) is 74.5. The molecular weight excluding hydrogens is 1280 g/mol. The van der Waals surface area contributed by atoms with Gasteiger partial charge in [0.1, 0.15) is 47.2 Å². The van der Waals surface area contributed by atoms with Crippen molar-refractivity contribution in [1.29, 1.82) is 0 Å². The number of aromatic nitrogens is 2. The number of hydrogen-bond donors (Lipinski definition) is 15. The van der Waals surface area contributed by atoms with Crippen LogP contribution in [0.15, 0.2) is 134 Å². The molecule has 0 saturated carbocycles. The topological polar surface area (TPSA) is 443 Å². The lowest BCUT2D eigenvalue weighted by atomic mass is 10.0. The number of carbonyl (C=O) groups excluding carboxylic acids is 8. The second-order valence-electron chi connectivity index (χ2n) is 23.6. The van der Waals surface area contributed by atoms with Crippen LogP contribution in [0.25, 0.3) is 21.8 Å². The molecule has 0 fully saturated rings. The molecule has 5 unspecified atom stereocenters. The summed E-state index contributed by atoms with van der Waals surface area (Å²) < 4.78 is 22.1. The van der Waals surface area contributed by atoms with E-state index in [9.17, 15) is 48.3 Å². The van der Waals surface area contributed by atoms with Crippen LogP contribution in [0.1, 0.15) is 110 Å². The predicted octanol–water partition coefficient (Wildman–Crippen LogP) is 6.22. The van der Waals surface area contributed by atoms with Crippen LogP contribution in [0.4, 0.5) is 22.7 Å². The van der Waals surface area contributed by atoms with Gasteiger partial charge in [0.2, 0.25) is 23.6 Å². The summed E-state index contributed by atoms with van der Waals surface area (Å²) in [5, 5.41) is 34.0. The molecule has 0 bridgehead atoms. The molecule has 28 heteroatoms. The number of carboxylic acids is 1. The Labute approximate surface area is 577 Å². The van der Waals surface area contributed by atoms with Crippen LogP contribution in [0.3, 0.4) is 0 Å². The Morgan fingerprint density at radius 1 is 0.400 bits per heavy atom. The Morgan fingerprint density at radius 2 is 0.700 bits per heavy atom. The maximum Gasteiger partial charge on any atom is 0.326 e. The molecule has 8 aromatic rings. The van der Waals surface area contributed by atoms with Crippen molar-refractivity contribution in [3.63, 3.8) is 0 Å². The molecule has 8 amide bonds. The van der Waals surface area contributed by atoms with Gasteiger partial charge in [-0.05, 0) is 180 Å². The predicted molar refractivity (Wildman–Crippen MR) is 380 cm³/mol. The molecule has 0 aliphatic heterocycles. The Morgan fingerprint density at radius 3 is 1.01 bits per heavy atom. The van der Waals surface area contributed by atoms with Gasteiger partial charge in [0.15, 0.2) is 0 Å². The van der Waals surface area contributed by atoms with Gasteiger partial charge in [-0.25, -0.2) is 4.79 Å². The van der Waals surface area contributed by atoms with Crippen LogP contribution in [-0.2, 0) is 36.8 Å². The van der Waals surface area contributed by atoms with Gasteiger partial charge in [-0.1, -0.05) is 36.4 Å². The molecule has 100 heavy (non-hydrogen) atoms. The van der Waals surface area contributed by atoms with Crippen molar-refractivity contribution in [2.45, 2.75) is 101 Å². The number of para-hydroxylation sites is 2. The monoisotopic (exact) mass is 1370 g/mol. The van der Waals surface area contributed by atoms with Gasteiger partial charge >= 0.3 is 5.97 Å². The Bertz CT molecular complexity index is 4230. The van der Waals surface area contributed by atoms with E-state index in [4.69, 9.17) is 41.9 Å². The summed E-state index contributed by atoms with van der Waals surface area (Å²) in [5.74, 6) is -6.39. The number of carboxylic acid groups (broad SMARTS) is 1. The number of amides is 8. The summed E-state index contributed by atoms with van der Waals surface area (Å²) in [6.45, 7) is 0.900. The van der Waals surface area contributed by atoms with Crippen molar-refractivity contribution in [3.05, 3.63) is 167 Å². The van der Waals surface area contributed by atoms with E-state index in [1.54, 1.807) is 12.3 Å². The number of fused-ring (bicyclic) bond motifs is 2. The smallest absolute Gasteiger partial charge is 0.326 e. The van der Waals surface area contributed by atoms with Gasteiger partial charge in [-0.3, -0.25) is 38.4 Å². The van der Waals surface area contributed by atoms with E-state index in [2.05, 4.69) is 52.5 Å². The molecular formula is C72H86N14O14. The second-order valence-corrected chi connectivity index (χ2v) is 23.6. The summed E-state index contributed by atoms with van der Waals surface area (Å²) in [5.41, 5.74) is 27.5. The van der Waals surface area contributed by atoms with Crippen LogP contribution < -0.4 is 84.4 Å². The number of nitrogens with one attached hydrogen (secondary N) is 10. The van der Waals surface area contributed by atoms with Gasteiger partial charge in [0.25, 0.3) is 23.6 Å². The lowest BCUT2D eigenvalue weighted by molar-refractivity contribution is -0.139. The number of benzene rings is 6. The molecule has 5 atom stereocenters. The van der Waals surface area contributed by atoms with Crippen molar-refractivity contribution in [1.82, 2.24) is 31.2 Å². The maximum atomic E-state index is 14.4. The summed E-state index contributed by atoms with van der Waals surface area (Å²) in [6.07, 6.45) is 6.83. The van der Waals surface area contributed by atoms with E-state index in [0.29, 0.717) is 57.2 Å². The standard InChI is InChI=1S/C72H86N14O14/c1-97-60-26-22-43(79-68(91)53(76)33-41-39-77-54-17-7-5-15-47(41)54)35-49(60)64(87)83-56(19-9-12-30-73)69(92)80-44-23-27-61(98-2)50(36-44)65(88)84-57(20-10-13-31-74)70(93)81-45-24-28-62(99-3)51(37-45)66(89)85-58(21-11-14-32-75)71(94)82-46-25-29-63(100-4)52(38-46)67(90)86-59(72(95)96)34-42-40-78-55-18-8-6-16-48(42)55/h5-8,15-18,22-29,35-40,53,56-59,77-78H,9-14,19-21,30-34,73-76H2,1-4H3,(H,79,91)(H,80,92)(H,81,93)(H,82,94)(H,83,87)(H,84,88)(H,85,89)(H,86,90)(H,95,96). The first-order chi connectivity index (χ1) is 48.3. The minimum Gasteiger partial charge on any atom is -0.496 e. The molecule has 6 aromatic carbocycles. The number of H-pyrrole nitrogens is 2. The van der Waals surface area contributed by atoms with E-state index in [1.807, 2.05) is 54.7 Å². The number of anilines is 4. The Hall–Kier alpha value is -11.3. The first-order valence-corrected chi connectivity index (χ1v) is 32.7. The zero-order valence-corrected chi connectivity index (χ0v) is 56.1. The van der Waals surface area contributed by atoms with Crippen molar-refractivity contribution in [3.8, 4) is 23.0 Å². The molecule has 8 rings (SSSR count). The average molecular weight is 1370 g/mol. The molecule has 28 nitrogen and oxygen atoms in total. The molecule has 528 valence electrons. The van der Waals surface area contributed by atoms with Gasteiger partial charge in [0, 0.05) is 63.4 Å². The highest BCUT2D eigenvalue weighted by Gasteiger charge is 2.30. The molecule has 2 aromatic heterocycles. The highest BCUT2D eigenvalue weighted by molar-refractivity contribution is 6.08. The van der Waals surface area contributed by atoms with Crippen LogP contribution in [0.2, 0.25) is 0 Å². The van der Waals surface area contributed by atoms with Crippen molar-refractivity contribution in [2.75, 3.05) is 69.3 Å². The first-order valence-electron chi connectivity index (χ1n) is 32.7. The molecule has 0 saturated heterocycles. The third-order valence-corrected chi connectivity index (χ3v) is 16.7. The minimum absolute atomic E-state index is 0.0114. The lowest BCUT2D eigenvalue weighted by Gasteiger charge is -2.22. The van der Waals surface area contributed by atoms with Gasteiger partial charge in [0.05, 0.1) is 56.7 Å². The summed E-state index contributed by atoms with van der Waals surface area (Å²) in [6, 6.07) is 26.5. The van der Waals surface area contributed by atoms with Crippen LogP contribution in [0, 0.1) is 0 Å². The van der Waals surface area contributed by atoms with Crippen molar-refractivity contribution < 1.29 is 67.2 Å². The number of methoxy groups -OCH3 is 4. The second kappa shape index (κ2) is 36.3. The SMILES string of the molecule is COc1ccc(NC(=O)C(CCCCN)NC(=O)c2cc(NC(=O)C(CCCCN)NC(=O)c3cc(NC(=O)C(CCCCN)NC(=O)c4cc(NC(=O)C(N)Cc5c[nH]c6ccccc56)ccc4OC)ccc3OC)ccc2OC)cc1C(=O)NC(Cc1c[nH]c2ccccc12)C(=O)O. The number of carbonyl (C=O) groups is 9. The van der Waals surface area contributed by atoms with Crippen LogP contribution in [-0.4, -0.2) is 147 Å². The summed E-state index contributed by atoms with van der Waals surface area (Å²) >= 11 is 0. The zero-order chi connectivity index (χ0) is 71.8. The van der Waals surface area contributed by atoms with Crippen molar-refractivity contribution >= 4 is 97.8 Å². The molecule has 0 aliphatic carbocycles. The number of rotatable bonds is 37. The zero-order valence-electron chi connectivity index (χ0n) is 56.1. The molecule has 0 radical (unpaired) electrons. The Balaban J connectivity index is 0.937. The van der Waals surface area contributed by atoms with E-state index in [-0.39, 0.29) is 107 Å². The molecule has 19 N–H and O–H groups in total. The van der Waals surface area contributed by atoms with E-state index in [1.165, 1.54) is 95.2 Å². The lowest BCUT2D eigenvalue weighted by Crippen LogP contribution is -2.44. The molecule has 0 aliphatic rings. The molecule has 2 heterocycles. The Kier molecular flexibility index (Phi) is 27.0. The van der Waals surface area contributed by atoms with Crippen LogP contribution in [0.5, 0.6) is 23.0 Å². The largest absolute Gasteiger partial charge is 0.496 e. The minimum atomic E-state index is -1.35. The number of ether oxygens (including phenoxy) is 4. The fourth-order valence-electron chi connectivity index (χ4n) is 11.4. The molecule has 0 spiro atoms. The average Bonchev–Trinajstić information content (AvgIpc) is 0.900. The maximum absolute atomic E-state index is 14.4. The quantitative estimate of drug-likeness (QED) is 0.0192. The third-order valence-electron chi connectivity index (χ3n) is 16.7. The van der Waals surface area contributed by atoms with Gasteiger partial charge in [-0.15, -0.1) is 0 Å². The number of nitrogens with two attached hydrogens (primary N) is 4. The third kappa shape index (κ3) is 19.7. The van der Waals surface area contributed by atoms with E-state index < -0.39 is 83.4 Å². The van der Waals surface area contributed by atoms with Gasteiger partial charge < -0.3 is 99.5 Å². The number of unbranched alkanes of at least 4 members (excludes halogenated alkanes) is 3. The summed E-state index contributed by atoms with van der Waals surface area (Å²) in [7, 11) is 5.38. The normalized spacial score (nSPS) is 12.6. The van der Waals surface area contributed by atoms with E-state index >= 15 is 0 Å². The number of hydrogen-bond acceptors (Lipinski definition) is 17. The highest BCUT2D eigenvalue weighted by atomic mass is 16.5. The number of aliphatic carboxylic acids is 1. The van der Waals surface area contributed by atoms with Gasteiger partial charge in [-0.2, -0.15) is 0 Å². The van der Waals surface area contributed by atoms with Crippen LogP contribution >= 0.6 is 0 Å². The number of aromatic amines is 2.